The first kappa shape index (κ1) is 16.0. The Morgan fingerprint density at radius 3 is 2.16 bits per heavy atom. The Morgan fingerprint density at radius 2 is 1.79 bits per heavy atom. The summed E-state index contributed by atoms with van der Waals surface area (Å²) in [6.07, 6.45) is 2.59. The first-order valence-corrected chi connectivity index (χ1v) is 6.89. The standard InChI is InChI=1S/C14H26N2O3/c1-9-5-7-14(8-6-9,12(18)19)16-11(17)10(15)13(2,3)4/h9-10H,5-8,15H2,1-4H3,(H,16,17)(H,18,19)/t9?,10-,14?/m1/s1. The molecule has 0 heterocycles. The van der Waals surface area contributed by atoms with Crippen LogP contribution in [0.5, 0.6) is 0 Å². The molecule has 0 radical (unpaired) electrons. The lowest BCUT2D eigenvalue weighted by Crippen LogP contribution is -2.61. The lowest BCUT2D eigenvalue weighted by Gasteiger charge is -2.38. The van der Waals surface area contributed by atoms with Crippen LogP contribution in [0.15, 0.2) is 0 Å². The molecule has 1 saturated carbocycles. The molecule has 0 aromatic carbocycles. The molecule has 0 aliphatic heterocycles. The van der Waals surface area contributed by atoms with Crippen molar-refractivity contribution in [3.05, 3.63) is 0 Å². The highest BCUT2D eigenvalue weighted by Crippen LogP contribution is 2.32. The number of carbonyl (C=O) groups is 2. The molecule has 0 bridgehead atoms. The molecule has 0 spiro atoms. The fraction of sp³-hybridized carbons (Fsp3) is 0.857. The number of nitrogens with two attached hydrogens (primary N) is 1. The Morgan fingerprint density at radius 1 is 1.32 bits per heavy atom. The van der Waals surface area contributed by atoms with Gasteiger partial charge in [0.2, 0.25) is 5.91 Å². The van der Waals surface area contributed by atoms with E-state index in [-0.39, 0.29) is 11.3 Å². The van der Waals surface area contributed by atoms with Gasteiger partial charge in [0.1, 0.15) is 5.54 Å². The van der Waals surface area contributed by atoms with E-state index in [1.807, 2.05) is 20.8 Å². The van der Waals surface area contributed by atoms with Gasteiger partial charge in [-0.15, -0.1) is 0 Å². The van der Waals surface area contributed by atoms with Crippen LogP contribution >= 0.6 is 0 Å². The maximum absolute atomic E-state index is 12.1. The summed E-state index contributed by atoms with van der Waals surface area (Å²) in [6, 6.07) is -0.705. The van der Waals surface area contributed by atoms with Gasteiger partial charge in [-0.2, -0.15) is 0 Å². The first-order valence-electron chi connectivity index (χ1n) is 6.89. The van der Waals surface area contributed by atoms with Crippen molar-refractivity contribution in [3.63, 3.8) is 0 Å². The van der Waals surface area contributed by atoms with Crippen molar-refractivity contribution in [1.29, 1.82) is 0 Å². The van der Waals surface area contributed by atoms with Gasteiger partial charge in [0.25, 0.3) is 0 Å². The Balaban J connectivity index is 2.80. The van der Waals surface area contributed by atoms with E-state index in [4.69, 9.17) is 5.73 Å². The maximum atomic E-state index is 12.1. The average molecular weight is 270 g/mol. The molecular formula is C14H26N2O3. The molecule has 1 rings (SSSR count). The van der Waals surface area contributed by atoms with Crippen molar-refractivity contribution in [1.82, 2.24) is 5.32 Å². The SMILES string of the molecule is CC1CCC(NC(=O)[C@@H](N)C(C)(C)C)(C(=O)O)CC1. The highest BCUT2D eigenvalue weighted by molar-refractivity contribution is 5.90. The number of rotatable bonds is 3. The molecule has 0 unspecified atom stereocenters. The van der Waals surface area contributed by atoms with Crippen LogP contribution in [0.1, 0.15) is 53.4 Å². The van der Waals surface area contributed by atoms with E-state index in [2.05, 4.69) is 12.2 Å². The Labute approximate surface area is 114 Å². The second-order valence-electron chi connectivity index (χ2n) is 6.90. The van der Waals surface area contributed by atoms with Gasteiger partial charge in [-0.25, -0.2) is 4.79 Å². The van der Waals surface area contributed by atoms with Gasteiger partial charge in [0, 0.05) is 0 Å². The highest BCUT2D eigenvalue weighted by atomic mass is 16.4. The van der Waals surface area contributed by atoms with Gasteiger partial charge in [0.15, 0.2) is 0 Å². The van der Waals surface area contributed by atoms with E-state index in [0.717, 1.165) is 12.8 Å². The zero-order valence-corrected chi connectivity index (χ0v) is 12.3. The van der Waals surface area contributed by atoms with Gasteiger partial charge in [0.05, 0.1) is 6.04 Å². The molecule has 5 heteroatoms. The second kappa shape index (κ2) is 5.49. The highest BCUT2D eigenvalue weighted by Gasteiger charge is 2.44. The minimum Gasteiger partial charge on any atom is -0.480 e. The first-order chi connectivity index (χ1) is 8.58. The van der Waals surface area contributed by atoms with Crippen molar-refractivity contribution in [3.8, 4) is 0 Å². The molecule has 0 saturated heterocycles. The van der Waals surface area contributed by atoms with Crippen LogP contribution in [0.3, 0.4) is 0 Å². The minimum atomic E-state index is -1.13. The van der Waals surface area contributed by atoms with Crippen molar-refractivity contribution in [2.24, 2.45) is 17.1 Å². The molecule has 1 aliphatic carbocycles. The Bertz CT molecular complexity index is 352. The summed E-state index contributed by atoms with van der Waals surface area (Å²) in [7, 11) is 0. The molecule has 1 atom stereocenters. The van der Waals surface area contributed by atoms with E-state index < -0.39 is 17.6 Å². The van der Waals surface area contributed by atoms with Crippen molar-refractivity contribution in [2.75, 3.05) is 0 Å². The Kier molecular flexibility index (Phi) is 4.61. The quantitative estimate of drug-likeness (QED) is 0.724. The van der Waals surface area contributed by atoms with Gasteiger partial charge >= 0.3 is 5.97 Å². The normalized spacial score (nSPS) is 29.6. The Hall–Kier alpha value is -1.10. The molecule has 0 aromatic heterocycles. The molecule has 5 nitrogen and oxygen atoms in total. The molecule has 4 N–H and O–H groups in total. The van der Waals surface area contributed by atoms with E-state index in [1.54, 1.807) is 0 Å². The predicted molar refractivity (Wildman–Crippen MR) is 73.6 cm³/mol. The topological polar surface area (TPSA) is 92.4 Å². The van der Waals surface area contributed by atoms with E-state index in [0.29, 0.717) is 18.8 Å². The van der Waals surface area contributed by atoms with Crippen LogP contribution in [0.25, 0.3) is 0 Å². The monoisotopic (exact) mass is 270 g/mol. The third kappa shape index (κ3) is 3.69. The number of nitrogens with one attached hydrogen (secondary N) is 1. The molecule has 0 aromatic rings. The number of carboxylic acid groups (broad SMARTS) is 1. The third-order valence-corrected chi connectivity index (χ3v) is 4.12. The van der Waals surface area contributed by atoms with Gasteiger partial charge in [-0.3, -0.25) is 4.79 Å². The number of hydrogen-bond acceptors (Lipinski definition) is 3. The molecule has 19 heavy (non-hydrogen) atoms. The fourth-order valence-corrected chi connectivity index (χ4v) is 2.35. The number of aliphatic carboxylic acids is 1. The molecule has 1 amide bonds. The molecule has 1 fully saturated rings. The summed E-state index contributed by atoms with van der Waals surface area (Å²) in [5.74, 6) is -0.807. The lowest BCUT2D eigenvalue weighted by atomic mass is 9.76. The van der Waals surface area contributed by atoms with Crippen LogP contribution < -0.4 is 11.1 Å². The third-order valence-electron chi connectivity index (χ3n) is 4.12. The molecule has 1 aliphatic rings. The number of amides is 1. The summed E-state index contributed by atoms with van der Waals surface area (Å²) >= 11 is 0. The zero-order chi connectivity index (χ0) is 14.8. The van der Waals surface area contributed by atoms with Crippen molar-refractivity contribution in [2.45, 2.75) is 65.0 Å². The van der Waals surface area contributed by atoms with E-state index >= 15 is 0 Å². The molecular weight excluding hydrogens is 244 g/mol. The molecule has 110 valence electrons. The summed E-state index contributed by atoms with van der Waals surface area (Å²) in [4.78, 5) is 23.7. The van der Waals surface area contributed by atoms with Crippen LogP contribution in [-0.2, 0) is 9.59 Å². The summed E-state index contributed by atoms with van der Waals surface area (Å²) < 4.78 is 0. The number of carboxylic acids is 1. The van der Waals surface area contributed by atoms with Gasteiger partial charge < -0.3 is 16.2 Å². The second-order valence-corrected chi connectivity index (χ2v) is 6.90. The van der Waals surface area contributed by atoms with Gasteiger partial charge in [-0.1, -0.05) is 27.7 Å². The predicted octanol–water partition coefficient (Wildman–Crippen LogP) is 1.51. The van der Waals surface area contributed by atoms with E-state index in [9.17, 15) is 14.7 Å². The average Bonchev–Trinajstić information content (AvgIpc) is 2.29. The summed E-state index contributed by atoms with van der Waals surface area (Å²) in [5, 5.41) is 12.1. The van der Waals surface area contributed by atoms with Crippen LogP contribution in [0.4, 0.5) is 0 Å². The van der Waals surface area contributed by atoms with Crippen molar-refractivity contribution >= 4 is 11.9 Å². The number of hydrogen-bond donors (Lipinski definition) is 3. The number of carbonyl (C=O) groups excluding carboxylic acids is 1. The van der Waals surface area contributed by atoms with Crippen LogP contribution in [0, 0.1) is 11.3 Å². The van der Waals surface area contributed by atoms with E-state index in [1.165, 1.54) is 0 Å². The largest absolute Gasteiger partial charge is 0.480 e. The van der Waals surface area contributed by atoms with Gasteiger partial charge in [-0.05, 0) is 37.0 Å². The smallest absolute Gasteiger partial charge is 0.329 e. The minimum absolute atomic E-state index is 0.371. The zero-order valence-electron chi connectivity index (χ0n) is 12.3. The maximum Gasteiger partial charge on any atom is 0.329 e. The van der Waals surface area contributed by atoms with Crippen LogP contribution in [0.2, 0.25) is 0 Å². The summed E-state index contributed by atoms with van der Waals surface area (Å²) in [5.41, 5.74) is 4.38. The fourth-order valence-electron chi connectivity index (χ4n) is 2.35. The van der Waals surface area contributed by atoms with Crippen molar-refractivity contribution < 1.29 is 14.7 Å². The summed E-state index contributed by atoms with van der Waals surface area (Å²) in [6.45, 7) is 7.71. The lowest BCUT2D eigenvalue weighted by molar-refractivity contribution is -0.150. The van der Waals surface area contributed by atoms with Crippen LogP contribution in [-0.4, -0.2) is 28.6 Å².